The molecule has 0 saturated carbocycles. The van der Waals surface area contributed by atoms with E-state index in [2.05, 4.69) is 25.3 Å². The second-order valence-electron chi connectivity index (χ2n) is 11.0. The molecule has 0 fully saturated rings. The molecule has 18 heteroatoms. The van der Waals surface area contributed by atoms with E-state index in [0.29, 0.717) is 29.0 Å². The Morgan fingerprint density at radius 2 is 1.65 bits per heavy atom. The summed E-state index contributed by atoms with van der Waals surface area (Å²) in [6.45, 7) is 0. The van der Waals surface area contributed by atoms with Crippen LogP contribution in [0, 0.1) is 11.6 Å². The molecule has 4 heterocycles. The van der Waals surface area contributed by atoms with E-state index in [-0.39, 0.29) is 21.7 Å². The first kappa shape index (κ1) is 34.2. The molecular weight excluding hydrogens is 690 g/mol. The molecule has 1 atom stereocenters. The van der Waals surface area contributed by atoms with E-state index < -0.39 is 68.5 Å². The Hall–Kier alpha value is -6.69. The number of rotatable bonds is 10. The van der Waals surface area contributed by atoms with Gasteiger partial charge in [0.15, 0.2) is 5.82 Å². The number of carbonyl (C=O) groups excluding carboxylic acids is 1. The highest BCUT2D eigenvalue weighted by Crippen LogP contribution is 2.24. The Bertz CT molecular complexity index is 2550. The summed E-state index contributed by atoms with van der Waals surface area (Å²) < 4.78 is 60.0. The van der Waals surface area contributed by atoms with Crippen molar-refractivity contribution in [2.24, 2.45) is 7.05 Å². The average molecular weight is 715 g/mol. The molecule has 0 aliphatic rings. The summed E-state index contributed by atoms with van der Waals surface area (Å²) in [5, 5.41) is 12.1. The van der Waals surface area contributed by atoms with Gasteiger partial charge in [0.1, 0.15) is 17.7 Å². The lowest BCUT2D eigenvalue weighted by Gasteiger charge is -2.16. The normalized spacial score (nSPS) is 12.0. The highest BCUT2D eigenvalue weighted by Gasteiger charge is 2.26. The number of pyridine rings is 2. The molecule has 6 rings (SSSR count). The summed E-state index contributed by atoms with van der Waals surface area (Å²) >= 11 is 0. The van der Waals surface area contributed by atoms with Crippen LogP contribution in [0.1, 0.15) is 16.1 Å². The molecule has 258 valence electrons. The van der Waals surface area contributed by atoms with Gasteiger partial charge in [0, 0.05) is 49.4 Å². The van der Waals surface area contributed by atoms with Crippen molar-refractivity contribution in [2.45, 2.75) is 17.4 Å². The molecule has 0 aliphatic heterocycles. The van der Waals surface area contributed by atoms with E-state index in [1.165, 1.54) is 85.1 Å². The third-order valence-corrected chi connectivity index (χ3v) is 9.07. The van der Waals surface area contributed by atoms with Gasteiger partial charge in [-0.2, -0.15) is 0 Å². The van der Waals surface area contributed by atoms with Crippen LogP contribution in [0.15, 0.2) is 106 Å². The number of aryl methyl sites for hydroxylation is 1. The first-order chi connectivity index (χ1) is 24.3. The number of aromatic nitrogens is 6. The fourth-order valence-corrected chi connectivity index (χ4v) is 6.13. The molecule has 51 heavy (non-hydrogen) atoms. The molecule has 0 bridgehead atoms. The predicted octanol–water partition coefficient (Wildman–Crippen LogP) is 2.44. The second-order valence-corrected chi connectivity index (χ2v) is 12.6. The Morgan fingerprint density at radius 1 is 0.922 bits per heavy atom. The van der Waals surface area contributed by atoms with Gasteiger partial charge in [0.25, 0.3) is 21.5 Å². The maximum atomic E-state index is 15.1. The number of amides is 1. The van der Waals surface area contributed by atoms with E-state index in [1.54, 1.807) is 6.07 Å². The van der Waals surface area contributed by atoms with Crippen molar-refractivity contribution < 1.29 is 31.9 Å². The molecule has 0 spiro atoms. The monoisotopic (exact) mass is 714 g/mol. The first-order valence-electron chi connectivity index (χ1n) is 14.8. The number of anilines is 1. The number of carboxylic acid groups (broad SMARTS) is 1. The van der Waals surface area contributed by atoms with Gasteiger partial charge in [-0.15, -0.1) is 0 Å². The minimum atomic E-state index is -4.41. The third kappa shape index (κ3) is 6.92. The zero-order chi connectivity index (χ0) is 36.4. The maximum absolute atomic E-state index is 15.1. The molecular formula is C33H24F2N8O7S. The van der Waals surface area contributed by atoms with Crippen LogP contribution in [0.2, 0.25) is 0 Å². The van der Waals surface area contributed by atoms with Crippen molar-refractivity contribution >= 4 is 38.5 Å². The van der Waals surface area contributed by atoms with Crippen LogP contribution in [0.25, 0.3) is 28.0 Å². The zero-order valence-electron chi connectivity index (χ0n) is 26.2. The molecule has 0 aliphatic carbocycles. The number of fused-ring (bicyclic) bond motifs is 1. The first-order valence-corrected chi connectivity index (χ1v) is 16.3. The highest BCUT2D eigenvalue weighted by molar-refractivity contribution is 7.92. The molecule has 1 amide bonds. The number of hydrogen-bond donors (Lipinski definition) is 3. The molecule has 3 N–H and O–H groups in total. The molecule has 0 radical (unpaired) electrons. The summed E-state index contributed by atoms with van der Waals surface area (Å²) in [5.41, 5.74) is -1.95. The SMILES string of the molecule is Cn1c(=O)n(-c2ccc(C[C@H](NC(=O)c3cc(F)c(NS(=O)(=O)c4ccc(-c5ncccn5)cc4)cc3F)C(=O)O)nc2)c(=O)c2ccncc21. The smallest absolute Gasteiger partial charge is 0.335 e. The van der Waals surface area contributed by atoms with E-state index in [0.717, 1.165) is 4.57 Å². The predicted molar refractivity (Wildman–Crippen MR) is 178 cm³/mol. The number of nitrogens with zero attached hydrogens (tertiary/aromatic N) is 6. The lowest BCUT2D eigenvalue weighted by atomic mass is 10.1. The minimum absolute atomic E-state index is 0.0889. The third-order valence-electron chi connectivity index (χ3n) is 7.69. The molecule has 0 unspecified atom stereocenters. The number of hydrogen-bond acceptors (Lipinski definition) is 10. The van der Waals surface area contributed by atoms with Gasteiger partial charge in [0.05, 0.1) is 45.1 Å². The largest absolute Gasteiger partial charge is 0.480 e. The number of carbonyl (C=O) groups is 2. The highest BCUT2D eigenvalue weighted by atomic mass is 32.2. The second kappa shape index (κ2) is 13.7. The number of aliphatic carboxylic acids is 1. The van der Waals surface area contributed by atoms with Gasteiger partial charge in [-0.1, -0.05) is 0 Å². The van der Waals surface area contributed by atoms with Crippen molar-refractivity contribution in [1.29, 1.82) is 0 Å². The number of carboxylic acids is 1. The lowest BCUT2D eigenvalue weighted by molar-refractivity contribution is -0.139. The number of halogens is 2. The minimum Gasteiger partial charge on any atom is -0.480 e. The quantitative estimate of drug-likeness (QED) is 0.188. The van der Waals surface area contributed by atoms with Gasteiger partial charge in [0.2, 0.25) is 0 Å². The van der Waals surface area contributed by atoms with Gasteiger partial charge >= 0.3 is 11.7 Å². The molecule has 6 aromatic rings. The standard InChI is InChI=1S/C33H24F2N8O7S/c1-42-28-17-36-12-9-22(28)31(45)43(33(42)48)20-6-5-19(39-16-20)13-27(32(46)47)40-30(44)23-14-25(35)26(15-24(23)34)41-51(49,50)21-7-3-18(4-8-21)29-37-10-2-11-38-29/h2-12,14-17,27,41H,13H2,1H3,(H,40,44)(H,46,47)/t27-/m0/s1. The van der Waals surface area contributed by atoms with Gasteiger partial charge in [-0.3, -0.25) is 28.8 Å². The van der Waals surface area contributed by atoms with E-state index in [4.69, 9.17) is 0 Å². The van der Waals surface area contributed by atoms with Crippen LogP contribution >= 0.6 is 0 Å². The lowest BCUT2D eigenvalue weighted by Crippen LogP contribution is -2.42. The van der Waals surface area contributed by atoms with Gasteiger partial charge < -0.3 is 10.4 Å². The molecule has 0 saturated heterocycles. The van der Waals surface area contributed by atoms with Crippen molar-refractivity contribution in [3.63, 3.8) is 0 Å². The van der Waals surface area contributed by atoms with Gasteiger partial charge in [-0.25, -0.2) is 41.3 Å². The van der Waals surface area contributed by atoms with Gasteiger partial charge in [-0.05, 0) is 54.6 Å². The summed E-state index contributed by atoms with van der Waals surface area (Å²) in [5.74, 6) is -5.14. The Labute approximate surface area is 286 Å². The zero-order valence-corrected chi connectivity index (χ0v) is 27.0. The molecule has 4 aromatic heterocycles. The Morgan fingerprint density at radius 3 is 2.31 bits per heavy atom. The number of benzene rings is 2. The van der Waals surface area contributed by atoms with Crippen LogP contribution in [0.3, 0.4) is 0 Å². The Balaban J connectivity index is 1.17. The fraction of sp³-hybridized carbons (Fsp3) is 0.0909. The maximum Gasteiger partial charge on any atom is 0.335 e. The Kier molecular flexibility index (Phi) is 9.16. The summed E-state index contributed by atoms with van der Waals surface area (Å²) in [6, 6.07) is 10.3. The number of nitrogens with one attached hydrogen (secondary N) is 2. The molecule has 2 aromatic carbocycles. The van der Waals surface area contributed by atoms with Crippen LogP contribution in [0.5, 0.6) is 0 Å². The average Bonchev–Trinajstić information content (AvgIpc) is 3.12. The topological polar surface area (TPSA) is 208 Å². The van der Waals surface area contributed by atoms with Crippen molar-refractivity contribution in [2.75, 3.05) is 4.72 Å². The molecule has 15 nitrogen and oxygen atoms in total. The van der Waals surface area contributed by atoms with Crippen LogP contribution in [-0.2, 0) is 28.3 Å². The summed E-state index contributed by atoms with van der Waals surface area (Å²) in [7, 11) is -2.94. The summed E-state index contributed by atoms with van der Waals surface area (Å²) in [4.78, 5) is 66.8. The van der Waals surface area contributed by atoms with Crippen LogP contribution in [-0.4, -0.2) is 60.5 Å². The van der Waals surface area contributed by atoms with Crippen molar-refractivity contribution in [3.05, 3.63) is 135 Å². The van der Waals surface area contributed by atoms with E-state index in [9.17, 15) is 32.7 Å². The summed E-state index contributed by atoms with van der Waals surface area (Å²) in [6.07, 6.45) is 6.55. The van der Waals surface area contributed by atoms with E-state index in [1.807, 2.05) is 4.72 Å². The fourth-order valence-electron chi connectivity index (χ4n) is 5.07. The van der Waals surface area contributed by atoms with Crippen LogP contribution in [0.4, 0.5) is 14.5 Å². The van der Waals surface area contributed by atoms with E-state index >= 15 is 8.78 Å². The van der Waals surface area contributed by atoms with Crippen LogP contribution < -0.4 is 21.3 Å². The van der Waals surface area contributed by atoms with Crippen molar-refractivity contribution in [3.8, 4) is 17.1 Å². The van der Waals surface area contributed by atoms with Crippen molar-refractivity contribution in [1.82, 2.24) is 34.4 Å². The number of sulfonamides is 1.